The zero-order valence-electron chi connectivity index (χ0n) is 8.41. The number of aromatic carboxylic acids is 1. The molecule has 0 spiro atoms. The molecule has 0 amide bonds. The summed E-state index contributed by atoms with van der Waals surface area (Å²) in [6.07, 6.45) is 0. The maximum absolute atomic E-state index is 11.7. The third-order valence-electron chi connectivity index (χ3n) is 2.40. The van der Waals surface area contributed by atoms with E-state index in [4.69, 9.17) is 5.11 Å². The summed E-state index contributed by atoms with van der Waals surface area (Å²) in [5, 5.41) is 13.0. The molecule has 0 fully saturated rings. The predicted octanol–water partition coefficient (Wildman–Crippen LogP) is 0.269. The highest BCUT2D eigenvalue weighted by Crippen LogP contribution is 2.09. The molecule has 0 radical (unpaired) electrons. The second kappa shape index (κ2) is 3.14. The number of hydrogen-bond acceptors (Lipinski definition) is 4. The predicted molar refractivity (Wildman–Crippen MR) is 58.1 cm³/mol. The van der Waals surface area contributed by atoms with Gasteiger partial charge in [0.25, 0.3) is 11.4 Å². The number of carboxylic acids is 1. The standard InChI is InChI=1S/C10H6N4O3/c15-8-5-3-1-2-4-6(5)14-10(12-8)11-7(13-14)9(16)17/h1-4H,(H,16,17)(H,11,12,13,15). The van der Waals surface area contributed by atoms with Gasteiger partial charge in [0.15, 0.2) is 0 Å². The van der Waals surface area contributed by atoms with Crippen molar-refractivity contribution in [3.63, 3.8) is 0 Å². The highest BCUT2D eigenvalue weighted by Gasteiger charge is 2.13. The van der Waals surface area contributed by atoms with E-state index in [2.05, 4.69) is 15.1 Å². The van der Waals surface area contributed by atoms with Gasteiger partial charge in [0.2, 0.25) is 5.78 Å². The van der Waals surface area contributed by atoms with Crippen molar-refractivity contribution in [3.8, 4) is 0 Å². The molecule has 2 aromatic heterocycles. The highest BCUT2D eigenvalue weighted by molar-refractivity contribution is 5.85. The van der Waals surface area contributed by atoms with Crippen LogP contribution in [0, 0.1) is 0 Å². The molecular formula is C10H6N4O3. The first-order valence-corrected chi connectivity index (χ1v) is 4.78. The lowest BCUT2D eigenvalue weighted by molar-refractivity contribution is 0.0684. The van der Waals surface area contributed by atoms with Crippen molar-refractivity contribution in [1.82, 2.24) is 19.6 Å². The van der Waals surface area contributed by atoms with Gasteiger partial charge in [-0.05, 0) is 12.1 Å². The van der Waals surface area contributed by atoms with Crippen LogP contribution >= 0.6 is 0 Å². The Bertz CT molecular complexity index is 802. The van der Waals surface area contributed by atoms with Crippen molar-refractivity contribution in [2.45, 2.75) is 0 Å². The number of hydrogen-bond donors (Lipinski definition) is 2. The maximum atomic E-state index is 11.7. The van der Waals surface area contributed by atoms with Gasteiger partial charge < -0.3 is 5.11 Å². The summed E-state index contributed by atoms with van der Waals surface area (Å²) in [6.45, 7) is 0. The number of rotatable bonds is 1. The highest BCUT2D eigenvalue weighted by atomic mass is 16.4. The van der Waals surface area contributed by atoms with Crippen molar-refractivity contribution in [2.75, 3.05) is 0 Å². The molecule has 0 atom stereocenters. The number of H-pyrrole nitrogens is 1. The van der Waals surface area contributed by atoms with Crippen LogP contribution in [-0.2, 0) is 0 Å². The van der Waals surface area contributed by atoms with Crippen molar-refractivity contribution < 1.29 is 9.90 Å². The number of fused-ring (bicyclic) bond motifs is 3. The largest absolute Gasteiger partial charge is 0.475 e. The van der Waals surface area contributed by atoms with Crippen molar-refractivity contribution >= 4 is 22.6 Å². The second-order valence-corrected chi connectivity index (χ2v) is 3.45. The number of aromatic nitrogens is 4. The minimum Gasteiger partial charge on any atom is -0.475 e. The number of nitrogens with one attached hydrogen (secondary N) is 1. The van der Waals surface area contributed by atoms with Crippen molar-refractivity contribution in [2.24, 2.45) is 0 Å². The maximum Gasteiger partial charge on any atom is 0.375 e. The Balaban J connectivity index is 2.55. The molecule has 0 saturated heterocycles. The average molecular weight is 230 g/mol. The zero-order chi connectivity index (χ0) is 12.0. The van der Waals surface area contributed by atoms with E-state index in [9.17, 15) is 9.59 Å². The van der Waals surface area contributed by atoms with Crippen LogP contribution in [-0.4, -0.2) is 30.7 Å². The van der Waals surface area contributed by atoms with E-state index in [-0.39, 0.29) is 17.2 Å². The molecule has 17 heavy (non-hydrogen) atoms. The summed E-state index contributed by atoms with van der Waals surface area (Å²) in [5.74, 6) is -1.47. The van der Waals surface area contributed by atoms with E-state index < -0.39 is 5.97 Å². The molecule has 3 rings (SSSR count). The molecule has 2 N–H and O–H groups in total. The molecule has 0 aliphatic rings. The number of carbonyl (C=O) groups is 1. The van der Waals surface area contributed by atoms with Gasteiger partial charge >= 0.3 is 5.97 Å². The average Bonchev–Trinajstić information content (AvgIpc) is 2.73. The quantitative estimate of drug-likeness (QED) is 0.624. The first-order valence-electron chi connectivity index (χ1n) is 4.78. The molecule has 3 aromatic rings. The van der Waals surface area contributed by atoms with Crippen LogP contribution in [0.5, 0.6) is 0 Å². The third kappa shape index (κ3) is 1.29. The number of nitrogens with zero attached hydrogens (tertiary/aromatic N) is 3. The molecule has 0 bridgehead atoms. The topological polar surface area (TPSA) is 100 Å². The summed E-state index contributed by atoms with van der Waals surface area (Å²) < 4.78 is 1.31. The minimum absolute atomic E-state index is 0.117. The summed E-state index contributed by atoms with van der Waals surface area (Å²) >= 11 is 0. The van der Waals surface area contributed by atoms with Gasteiger partial charge in [-0.1, -0.05) is 12.1 Å². The van der Waals surface area contributed by atoms with Gasteiger partial charge in [0.1, 0.15) is 0 Å². The van der Waals surface area contributed by atoms with E-state index in [0.717, 1.165) is 0 Å². The third-order valence-corrected chi connectivity index (χ3v) is 2.40. The van der Waals surface area contributed by atoms with E-state index in [0.29, 0.717) is 10.9 Å². The summed E-state index contributed by atoms with van der Waals surface area (Å²) in [5.41, 5.74) is 0.198. The molecule has 0 aliphatic heterocycles. The fourth-order valence-corrected chi connectivity index (χ4v) is 1.67. The van der Waals surface area contributed by atoms with Gasteiger partial charge in [-0.15, -0.1) is 5.10 Å². The Labute approximate surface area is 93.3 Å². The van der Waals surface area contributed by atoms with Crippen LogP contribution in [0.3, 0.4) is 0 Å². The fourth-order valence-electron chi connectivity index (χ4n) is 1.67. The molecule has 0 aliphatic carbocycles. The number of carboxylic acid groups (broad SMARTS) is 1. The molecule has 7 nitrogen and oxygen atoms in total. The van der Waals surface area contributed by atoms with E-state index >= 15 is 0 Å². The van der Waals surface area contributed by atoms with Crippen LogP contribution in [0.15, 0.2) is 29.1 Å². The minimum atomic E-state index is -1.24. The molecule has 1 aromatic carbocycles. The van der Waals surface area contributed by atoms with Crippen LogP contribution in [0.25, 0.3) is 16.7 Å². The van der Waals surface area contributed by atoms with Crippen molar-refractivity contribution in [3.05, 3.63) is 40.4 Å². The number of benzene rings is 1. The van der Waals surface area contributed by atoms with Crippen LogP contribution in [0.1, 0.15) is 10.6 Å². The molecule has 0 unspecified atom stereocenters. The Morgan fingerprint density at radius 3 is 2.88 bits per heavy atom. The van der Waals surface area contributed by atoms with Crippen LogP contribution in [0.2, 0.25) is 0 Å². The van der Waals surface area contributed by atoms with Gasteiger partial charge in [-0.25, -0.2) is 4.79 Å². The molecule has 7 heteroatoms. The van der Waals surface area contributed by atoms with Gasteiger partial charge in [-0.2, -0.15) is 9.50 Å². The van der Waals surface area contributed by atoms with E-state index in [1.165, 1.54) is 4.52 Å². The zero-order valence-corrected chi connectivity index (χ0v) is 8.41. The number of aromatic amines is 1. The normalized spacial score (nSPS) is 11.1. The van der Waals surface area contributed by atoms with Gasteiger partial charge in [0.05, 0.1) is 10.9 Å². The van der Waals surface area contributed by atoms with Crippen molar-refractivity contribution in [1.29, 1.82) is 0 Å². The summed E-state index contributed by atoms with van der Waals surface area (Å²) in [6, 6.07) is 6.77. The second-order valence-electron chi connectivity index (χ2n) is 3.45. The first-order chi connectivity index (χ1) is 8.16. The van der Waals surface area contributed by atoms with Crippen LogP contribution < -0.4 is 5.56 Å². The van der Waals surface area contributed by atoms with Gasteiger partial charge in [0, 0.05) is 0 Å². The Kier molecular flexibility index (Phi) is 1.76. The fraction of sp³-hybridized carbons (Fsp3) is 0. The SMILES string of the molecule is O=C(O)c1nc2[nH]c(=O)c3ccccc3n2n1. The summed E-state index contributed by atoms with van der Waals surface area (Å²) in [7, 11) is 0. The van der Waals surface area contributed by atoms with E-state index in [1.54, 1.807) is 24.3 Å². The first kappa shape index (κ1) is 9.52. The smallest absolute Gasteiger partial charge is 0.375 e. The van der Waals surface area contributed by atoms with Gasteiger partial charge in [-0.3, -0.25) is 9.78 Å². The Morgan fingerprint density at radius 1 is 1.35 bits per heavy atom. The Hall–Kier alpha value is -2.70. The van der Waals surface area contributed by atoms with E-state index in [1.807, 2.05) is 0 Å². The number of para-hydroxylation sites is 1. The molecule has 2 heterocycles. The lowest BCUT2D eigenvalue weighted by Gasteiger charge is -1.97. The van der Waals surface area contributed by atoms with Crippen LogP contribution in [0.4, 0.5) is 0 Å². The summed E-state index contributed by atoms with van der Waals surface area (Å²) in [4.78, 5) is 28.6. The monoisotopic (exact) mass is 230 g/mol. The lowest BCUT2D eigenvalue weighted by atomic mass is 10.2. The Morgan fingerprint density at radius 2 is 2.12 bits per heavy atom. The molecule has 0 saturated carbocycles. The molecular weight excluding hydrogens is 224 g/mol. The molecule has 84 valence electrons. The lowest BCUT2D eigenvalue weighted by Crippen LogP contribution is -2.10.